The fourth-order valence-electron chi connectivity index (χ4n) is 2.89. The van der Waals surface area contributed by atoms with E-state index in [1.54, 1.807) is 25.7 Å². The Morgan fingerprint density at radius 2 is 2.09 bits per heavy atom. The third-order valence-electron chi connectivity index (χ3n) is 4.11. The van der Waals surface area contributed by atoms with Crippen LogP contribution in [-0.2, 0) is 9.53 Å². The number of hydrogen-bond donors (Lipinski definition) is 1. The highest BCUT2D eigenvalue weighted by Crippen LogP contribution is 2.35. The van der Waals surface area contributed by atoms with Crippen LogP contribution in [0.25, 0.3) is 0 Å². The minimum absolute atomic E-state index is 0.117. The topological polar surface area (TPSA) is 102 Å². The van der Waals surface area contributed by atoms with Gasteiger partial charge in [0.1, 0.15) is 11.5 Å². The Morgan fingerprint density at radius 1 is 1.39 bits per heavy atom. The van der Waals surface area contributed by atoms with E-state index in [-0.39, 0.29) is 16.7 Å². The van der Waals surface area contributed by atoms with E-state index in [4.69, 9.17) is 4.74 Å². The molecular formula is C15H25N3O5. The molecule has 8 nitrogen and oxygen atoms in total. The standard InChI is InChI=1S/C15H25N3O5/c1-15(2,3)23-14(20)16-8-10-5-4-6-17(9-10)13(19)11-7-12(11)18(21)22/h10-12H,4-9H2,1-3H3,(H,16,20)/t10-,11-,12+/m0/s1. The number of nitrogens with one attached hydrogen (secondary N) is 1. The molecule has 8 heteroatoms. The van der Waals surface area contributed by atoms with Crippen molar-refractivity contribution < 1.29 is 19.2 Å². The molecule has 2 aliphatic rings. The van der Waals surface area contributed by atoms with E-state index in [1.165, 1.54) is 0 Å². The van der Waals surface area contributed by atoms with Crippen molar-refractivity contribution >= 4 is 12.0 Å². The molecule has 0 unspecified atom stereocenters. The summed E-state index contributed by atoms with van der Waals surface area (Å²) in [6.07, 6.45) is 1.66. The van der Waals surface area contributed by atoms with Crippen molar-refractivity contribution in [3.05, 3.63) is 10.1 Å². The molecule has 1 saturated carbocycles. The monoisotopic (exact) mass is 327 g/mol. The molecule has 2 amide bonds. The second-order valence-corrected chi connectivity index (χ2v) is 7.37. The van der Waals surface area contributed by atoms with Crippen LogP contribution in [0.15, 0.2) is 0 Å². The van der Waals surface area contributed by atoms with Gasteiger partial charge in [-0.3, -0.25) is 14.9 Å². The number of hydrogen-bond acceptors (Lipinski definition) is 5. The quantitative estimate of drug-likeness (QED) is 0.621. The summed E-state index contributed by atoms with van der Waals surface area (Å²) in [4.78, 5) is 35.9. The number of nitrogens with zero attached hydrogens (tertiary/aromatic N) is 2. The number of nitro groups is 1. The van der Waals surface area contributed by atoms with Gasteiger partial charge in [-0.1, -0.05) is 0 Å². The molecule has 1 saturated heterocycles. The molecule has 0 bridgehead atoms. The molecule has 1 N–H and O–H groups in total. The van der Waals surface area contributed by atoms with Crippen LogP contribution >= 0.6 is 0 Å². The second kappa shape index (κ2) is 6.72. The Kier molecular flexibility index (Phi) is 5.11. The van der Waals surface area contributed by atoms with Crippen LogP contribution in [0.5, 0.6) is 0 Å². The Morgan fingerprint density at radius 3 is 2.65 bits per heavy atom. The molecule has 3 atom stereocenters. The Hall–Kier alpha value is -1.86. The predicted molar refractivity (Wildman–Crippen MR) is 82.4 cm³/mol. The first-order valence-electron chi connectivity index (χ1n) is 8.06. The lowest BCUT2D eigenvalue weighted by Gasteiger charge is -2.33. The van der Waals surface area contributed by atoms with Crippen molar-refractivity contribution in [1.82, 2.24) is 10.2 Å². The molecule has 0 aromatic carbocycles. The average Bonchev–Trinajstić information content (AvgIpc) is 3.23. The fraction of sp³-hybridized carbons (Fsp3) is 0.867. The maximum atomic E-state index is 12.3. The summed E-state index contributed by atoms with van der Waals surface area (Å²) < 4.78 is 5.19. The number of rotatable bonds is 4. The highest BCUT2D eigenvalue weighted by Gasteiger charge is 2.54. The molecule has 130 valence electrons. The maximum Gasteiger partial charge on any atom is 0.407 e. The normalized spacial score (nSPS) is 27.3. The highest BCUT2D eigenvalue weighted by atomic mass is 16.6. The van der Waals surface area contributed by atoms with E-state index < -0.39 is 23.7 Å². The third kappa shape index (κ3) is 5.07. The lowest BCUT2D eigenvalue weighted by atomic mass is 9.97. The van der Waals surface area contributed by atoms with Crippen molar-refractivity contribution in [2.45, 2.75) is 51.7 Å². The molecule has 0 spiro atoms. The van der Waals surface area contributed by atoms with Crippen molar-refractivity contribution in [2.75, 3.05) is 19.6 Å². The van der Waals surface area contributed by atoms with Crippen LogP contribution in [0.2, 0.25) is 0 Å². The van der Waals surface area contributed by atoms with Gasteiger partial charge in [0.05, 0.1) is 0 Å². The van der Waals surface area contributed by atoms with E-state index in [0.29, 0.717) is 26.1 Å². The van der Waals surface area contributed by atoms with Crippen LogP contribution in [0.4, 0.5) is 4.79 Å². The molecule has 0 aromatic heterocycles. The molecule has 23 heavy (non-hydrogen) atoms. The summed E-state index contributed by atoms with van der Waals surface area (Å²) in [5.74, 6) is -0.413. The molecule has 0 aromatic rings. The van der Waals surface area contributed by atoms with Gasteiger partial charge in [0.15, 0.2) is 0 Å². The van der Waals surface area contributed by atoms with Gasteiger partial charge in [0, 0.05) is 31.0 Å². The summed E-state index contributed by atoms with van der Waals surface area (Å²) in [7, 11) is 0. The van der Waals surface area contributed by atoms with Crippen LogP contribution in [0.3, 0.4) is 0 Å². The summed E-state index contributed by atoms with van der Waals surface area (Å²) in [5, 5.41) is 13.4. The Labute approximate surface area is 135 Å². The van der Waals surface area contributed by atoms with E-state index in [9.17, 15) is 19.7 Å². The van der Waals surface area contributed by atoms with Gasteiger partial charge in [-0.05, 0) is 39.5 Å². The van der Waals surface area contributed by atoms with Crippen LogP contribution < -0.4 is 5.32 Å². The summed E-state index contributed by atoms with van der Waals surface area (Å²) in [6.45, 7) is 7.03. The number of ether oxygens (including phenoxy) is 1. The van der Waals surface area contributed by atoms with Gasteiger partial charge < -0.3 is 15.0 Å². The second-order valence-electron chi connectivity index (χ2n) is 7.37. The lowest BCUT2D eigenvalue weighted by molar-refractivity contribution is -0.497. The van der Waals surface area contributed by atoms with Gasteiger partial charge >= 0.3 is 6.09 Å². The van der Waals surface area contributed by atoms with Crippen molar-refractivity contribution in [3.8, 4) is 0 Å². The Balaban J connectivity index is 1.76. The minimum Gasteiger partial charge on any atom is -0.444 e. The first-order chi connectivity index (χ1) is 10.7. The zero-order valence-electron chi connectivity index (χ0n) is 13.9. The number of alkyl carbamates (subject to hydrolysis) is 1. The van der Waals surface area contributed by atoms with Gasteiger partial charge in [0.25, 0.3) is 0 Å². The number of carbonyl (C=O) groups is 2. The smallest absolute Gasteiger partial charge is 0.407 e. The minimum atomic E-state index is -0.706. The zero-order chi connectivity index (χ0) is 17.2. The van der Waals surface area contributed by atoms with Crippen molar-refractivity contribution in [3.63, 3.8) is 0 Å². The number of carbonyl (C=O) groups excluding carboxylic acids is 2. The van der Waals surface area contributed by atoms with Crippen LogP contribution in [-0.4, -0.2) is 53.1 Å². The van der Waals surface area contributed by atoms with E-state index in [2.05, 4.69) is 5.32 Å². The van der Waals surface area contributed by atoms with Crippen LogP contribution in [0.1, 0.15) is 40.0 Å². The molecule has 1 aliphatic heterocycles. The largest absolute Gasteiger partial charge is 0.444 e. The summed E-state index contributed by atoms with van der Waals surface area (Å²) in [5.41, 5.74) is -0.540. The fourth-order valence-corrected chi connectivity index (χ4v) is 2.89. The third-order valence-corrected chi connectivity index (χ3v) is 4.11. The molecule has 0 radical (unpaired) electrons. The predicted octanol–water partition coefficient (Wildman–Crippen LogP) is 1.41. The van der Waals surface area contributed by atoms with Crippen LogP contribution in [0, 0.1) is 22.0 Å². The van der Waals surface area contributed by atoms with E-state index >= 15 is 0 Å². The number of amides is 2. The summed E-state index contributed by atoms with van der Waals surface area (Å²) in [6, 6.07) is -0.706. The number of likely N-dealkylation sites (tertiary alicyclic amines) is 1. The molecule has 1 aliphatic carbocycles. The lowest BCUT2D eigenvalue weighted by Crippen LogP contribution is -2.45. The molecule has 1 heterocycles. The Bertz CT molecular complexity index is 488. The molecule has 2 rings (SSSR count). The SMILES string of the molecule is CC(C)(C)OC(=O)NC[C@@H]1CCCN(C(=O)[C@H]2C[C@H]2[N+](=O)[O-])C1. The zero-order valence-corrected chi connectivity index (χ0v) is 13.9. The first kappa shape index (κ1) is 17.5. The molecular weight excluding hydrogens is 302 g/mol. The molecule has 2 fully saturated rings. The van der Waals surface area contributed by atoms with Crippen molar-refractivity contribution in [1.29, 1.82) is 0 Å². The average molecular weight is 327 g/mol. The van der Waals surface area contributed by atoms with Gasteiger partial charge in [0.2, 0.25) is 11.9 Å². The van der Waals surface area contributed by atoms with E-state index in [1.807, 2.05) is 0 Å². The van der Waals surface area contributed by atoms with Gasteiger partial charge in [-0.2, -0.15) is 0 Å². The van der Waals surface area contributed by atoms with Gasteiger partial charge in [-0.15, -0.1) is 0 Å². The summed E-state index contributed by atoms with van der Waals surface area (Å²) >= 11 is 0. The van der Waals surface area contributed by atoms with E-state index in [0.717, 1.165) is 12.8 Å². The first-order valence-corrected chi connectivity index (χ1v) is 8.06. The maximum absolute atomic E-state index is 12.3. The highest BCUT2D eigenvalue weighted by molar-refractivity contribution is 5.82. The van der Waals surface area contributed by atoms with Crippen molar-refractivity contribution in [2.24, 2.45) is 11.8 Å². The van der Waals surface area contributed by atoms with Gasteiger partial charge in [-0.25, -0.2) is 4.79 Å². The number of piperidine rings is 1.